The quantitative estimate of drug-likeness (QED) is 0.192. The van der Waals surface area contributed by atoms with Gasteiger partial charge in [-0.15, -0.1) is 0 Å². The summed E-state index contributed by atoms with van der Waals surface area (Å²) in [6.45, 7) is 25.2. The highest BCUT2D eigenvalue weighted by Gasteiger charge is 2.70. The van der Waals surface area contributed by atoms with Crippen LogP contribution in [0.25, 0.3) is 5.57 Å². The van der Waals surface area contributed by atoms with E-state index in [0.717, 1.165) is 37.7 Å². The van der Waals surface area contributed by atoms with Crippen LogP contribution in [0.2, 0.25) is 0 Å². The summed E-state index contributed by atoms with van der Waals surface area (Å²) >= 11 is 0. The summed E-state index contributed by atoms with van der Waals surface area (Å²) < 4.78 is 11.8. The summed E-state index contributed by atoms with van der Waals surface area (Å²) in [7, 11) is 0. The molecule has 4 saturated carbocycles. The lowest BCUT2D eigenvalue weighted by atomic mass is 9.35. The van der Waals surface area contributed by atoms with E-state index in [0.29, 0.717) is 41.8 Å². The maximum absolute atomic E-state index is 14.3. The fourth-order valence-corrected chi connectivity index (χ4v) is 12.2. The van der Waals surface area contributed by atoms with Crippen molar-refractivity contribution in [3.63, 3.8) is 0 Å². The molecule has 52 heavy (non-hydrogen) atoms. The van der Waals surface area contributed by atoms with Crippen molar-refractivity contribution in [3.05, 3.63) is 89.5 Å². The number of carbonyl (C=O) groups excluding carboxylic acids is 2. The van der Waals surface area contributed by atoms with Crippen LogP contribution in [0.5, 0.6) is 0 Å². The van der Waals surface area contributed by atoms with Gasteiger partial charge < -0.3 is 9.47 Å². The highest BCUT2D eigenvalue weighted by molar-refractivity contribution is 5.90. The fourth-order valence-electron chi connectivity index (χ4n) is 12.2. The lowest BCUT2D eigenvalue weighted by molar-refractivity contribution is -0.213. The van der Waals surface area contributed by atoms with Gasteiger partial charge in [-0.2, -0.15) is 0 Å². The maximum Gasteiger partial charge on any atom is 0.338 e. The van der Waals surface area contributed by atoms with Crippen molar-refractivity contribution in [3.8, 4) is 0 Å². The Morgan fingerprint density at radius 1 is 0.865 bits per heavy atom. The van der Waals surface area contributed by atoms with E-state index in [9.17, 15) is 9.59 Å². The zero-order chi connectivity index (χ0) is 37.7. The van der Waals surface area contributed by atoms with Crippen LogP contribution in [0.15, 0.2) is 72.8 Å². The normalized spacial score (nSPS) is 34.5. The maximum atomic E-state index is 14.3. The number of ether oxygens (including phenoxy) is 2. The van der Waals surface area contributed by atoms with E-state index in [1.54, 1.807) is 0 Å². The van der Waals surface area contributed by atoms with Crippen molar-refractivity contribution in [2.75, 3.05) is 0 Å². The Balaban J connectivity index is 1.25. The number of carbonyl (C=O) groups is 2. The third-order valence-corrected chi connectivity index (χ3v) is 15.0. The van der Waals surface area contributed by atoms with Crippen LogP contribution in [0.1, 0.15) is 148 Å². The van der Waals surface area contributed by atoms with Gasteiger partial charge in [0, 0.05) is 0 Å². The van der Waals surface area contributed by atoms with Gasteiger partial charge in [0.25, 0.3) is 0 Å². The summed E-state index contributed by atoms with van der Waals surface area (Å²) in [4.78, 5) is 27.1. The smallest absolute Gasteiger partial charge is 0.338 e. The molecule has 4 nitrogen and oxygen atoms in total. The van der Waals surface area contributed by atoms with Crippen molar-refractivity contribution in [1.29, 1.82) is 0 Å². The molecule has 2 aromatic rings. The zero-order valence-corrected chi connectivity index (χ0v) is 33.8. The minimum absolute atomic E-state index is 0.0402. The number of allylic oxidation sites excluding steroid dienone is 3. The summed E-state index contributed by atoms with van der Waals surface area (Å²) in [5.41, 5.74) is 5.08. The number of hydrogen-bond acceptors (Lipinski definition) is 4. The zero-order valence-electron chi connectivity index (χ0n) is 33.8. The van der Waals surface area contributed by atoms with Crippen molar-refractivity contribution in [2.24, 2.45) is 51.2 Å². The van der Waals surface area contributed by atoms with Gasteiger partial charge in [0.05, 0.1) is 11.0 Å². The predicted octanol–water partition coefficient (Wildman–Crippen LogP) is 12.4. The lowest BCUT2D eigenvalue weighted by Crippen LogP contribution is -2.63. The lowest BCUT2D eigenvalue weighted by Gasteiger charge is -2.69. The van der Waals surface area contributed by atoms with Crippen molar-refractivity contribution < 1.29 is 19.1 Å². The molecule has 282 valence electrons. The van der Waals surface area contributed by atoms with Gasteiger partial charge in [-0.1, -0.05) is 102 Å². The second-order valence-electron chi connectivity index (χ2n) is 19.4. The van der Waals surface area contributed by atoms with E-state index in [1.165, 1.54) is 48.8 Å². The van der Waals surface area contributed by atoms with Crippen LogP contribution >= 0.6 is 0 Å². The highest BCUT2D eigenvalue weighted by Crippen LogP contribution is 2.75. The Hall–Kier alpha value is -3.14. The molecular weight excluding hydrogens is 641 g/mol. The SMILES string of the molecule is C=C(C)C1CCC2(C(=O)OCc3ccccc3)CCC3(C)C(CCC4C(C)(CC=C(c5ccc(C(=O)OC(C)(C)C)cc5)C(C)C)CCCC43C)C12. The van der Waals surface area contributed by atoms with Gasteiger partial charge in [0.1, 0.15) is 12.2 Å². The first kappa shape index (κ1) is 38.6. The van der Waals surface area contributed by atoms with Gasteiger partial charge in [-0.3, -0.25) is 4.79 Å². The second-order valence-corrected chi connectivity index (χ2v) is 19.4. The monoisotopic (exact) mass is 706 g/mol. The Kier molecular flexibility index (Phi) is 10.6. The van der Waals surface area contributed by atoms with Gasteiger partial charge in [0.2, 0.25) is 0 Å². The molecule has 4 heteroatoms. The molecule has 0 spiro atoms. The Morgan fingerprint density at radius 3 is 2.17 bits per heavy atom. The van der Waals surface area contributed by atoms with E-state index >= 15 is 0 Å². The van der Waals surface area contributed by atoms with Crippen LogP contribution in [-0.4, -0.2) is 17.5 Å². The van der Waals surface area contributed by atoms with Crippen LogP contribution < -0.4 is 0 Å². The van der Waals surface area contributed by atoms with E-state index in [-0.39, 0.29) is 28.2 Å². The Bertz CT molecular complexity index is 1660. The molecule has 4 fully saturated rings. The number of hydrogen-bond donors (Lipinski definition) is 0. The Morgan fingerprint density at radius 2 is 1.54 bits per heavy atom. The molecule has 4 aliphatic rings. The molecule has 8 unspecified atom stereocenters. The average Bonchev–Trinajstić information content (AvgIpc) is 3.49. The summed E-state index contributed by atoms with van der Waals surface area (Å²) in [5.74, 6) is 1.92. The van der Waals surface area contributed by atoms with Crippen LogP contribution in [0, 0.1) is 51.2 Å². The molecule has 0 radical (unpaired) electrons. The molecule has 0 aliphatic heterocycles. The first-order valence-electron chi connectivity index (χ1n) is 20.3. The summed E-state index contributed by atoms with van der Waals surface area (Å²) in [5, 5.41) is 0. The van der Waals surface area contributed by atoms with Gasteiger partial charge in [-0.05, 0) is 160 Å². The van der Waals surface area contributed by atoms with Crippen LogP contribution in [0.3, 0.4) is 0 Å². The molecule has 0 heterocycles. The number of rotatable bonds is 9. The number of esters is 2. The first-order valence-corrected chi connectivity index (χ1v) is 20.3. The molecule has 0 aromatic heterocycles. The predicted molar refractivity (Wildman–Crippen MR) is 212 cm³/mol. The summed E-state index contributed by atoms with van der Waals surface area (Å²) in [6, 6.07) is 18.2. The van der Waals surface area contributed by atoms with Gasteiger partial charge in [-0.25, -0.2) is 4.79 Å². The molecule has 2 aromatic carbocycles. The molecule has 4 aliphatic carbocycles. The minimum Gasteiger partial charge on any atom is -0.460 e. The van der Waals surface area contributed by atoms with E-state index in [4.69, 9.17) is 9.47 Å². The van der Waals surface area contributed by atoms with Crippen molar-refractivity contribution in [1.82, 2.24) is 0 Å². The third kappa shape index (κ3) is 6.86. The average molecular weight is 707 g/mol. The second kappa shape index (κ2) is 14.3. The molecular formula is C48H66O4. The minimum atomic E-state index is -0.516. The standard InChI is InChI=1S/C48H66O4/c1-32(2)37(35-17-19-36(20-18-35)42(49)52-44(5,6)7)23-27-45(8)25-14-26-47(10)40(45)22-21-39-41-38(33(3)4)24-28-48(41,30-29-46(39,47)9)43(50)51-31-34-15-12-11-13-16-34/h11-13,15-20,23,32,38-41H,3,14,21-22,24-31H2,1-2,4-10H3. The number of benzene rings is 2. The molecule has 0 bridgehead atoms. The van der Waals surface area contributed by atoms with Crippen molar-refractivity contribution >= 4 is 17.5 Å². The Labute approximate surface area is 315 Å². The molecule has 8 atom stereocenters. The molecule has 0 saturated heterocycles. The van der Waals surface area contributed by atoms with Crippen LogP contribution in [0.4, 0.5) is 0 Å². The van der Waals surface area contributed by atoms with Gasteiger partial charge in [0.15, 0.2) is 0 Å². The molecule has 6 rings (SSSR count). The third-order valence-electron chi connectivity index (χ3n) is 15.0. The highest BCUT2D eigenvalue weighted by atomic mass is 16.6. The summed E-state index contributed by atoms with van der Waals surface area (Å²) in [6.07, 6.45) is 13.8. The number of fused-ring (bicyclic) bond motifs is 5. The topological polar surface area (TPSA) is 52.6 Å². The van der Waals surface area contributed by atoms with Crippen LogP contribution in [-0.2, 0) is 20.9 Å². The first-order chi connectivity index (χ1) is 24.4. The van der Waals surface area contributed by atoms with E-state index < -0.39 is 11.0 Å². The fraction of sp³-hybridized carbons (Fsp3) is 0.625. The largest absolute Gasteiger partial charge is 0.460 e. The van der Waals surface area contributed by atoms with E-state index in [2.05, 4.69) is 78.5 Å². The van der Waals surface area contributed by atoms with Gasteiger partial charge >= 0.3 is 11.9 Å². The van der Waals surface area contributed by atoms with E-state index in [1.807, 2.05) is 51.1 Å². The van der Waals surface area contributed by atoms with Crippen molar-refractivity contribution in [2.45, 2.75) is 139 Å². The molecule has 0 amide bonds. The molecule has 0 N–H and O–H groups in total.